The van der Waals surface area contributed by atoms with Gasteiger partial charge in [0.25, 0.3) is 5.91 Å². The topological polar surface area (TPSA) is 87.7 Å². The fraction of sp³-hybridized carbons (Fsp3) is 0.571. The number of nitrogens with zero attached hydrogens (tertiary/aromatic N) is 4. The van der Waals surface area contributed by atoms with Crippen molar-refractivity contribution in [3.05, 3.63) is 18.0 Å². The first-order chi connectivity index (χ1) is 10.7. The van der Waals surface area contributed by atoms with E-state index in [1.165, 1.54) is 12.4 Å². The maximum atomic E-state index is 12.3. The molecule has 120 valence electrons. The molecule has 0 aromatic carbocycles. The van der Waals surface area contributed by atoms with Crippen LogP contribution in [0.3, 0.4) is 0 Å². The molecule has 0 saturated carbocycles. The summed E-state index contributed by atoms with van der Waals surface area (Å²) < 4.78 is 4.96. The maximum Gasteiger partial charge on any atom is 0.257 e. The van der Waals surface area contributed by atoms with Crippen LogP contribution in [0.1, 0.15) is 16.8 Å². The fourth-order valence-electron chi connectivity index (χ4n) is 2.16. The normalized spacial score (nSPS) is 14.8. The first-order valence-electron chi connectivity index (χ1n) is 7.28. The Kier molecular flexibility index (Phi) is 6.08. The first-order valence-corrected chi connectivity index (χ1v) is 7.28. The van der Waals surface area contributed by atoms with Gasteiger partial charge in [-0.3, -0.25) is 9.59 Å². The molecule has 0 atom stereocenters. The minimum atomic E-state index is -0.100. The number of aromatic nitrogens is 2. The molecule has 2 amide bonds. The Balaban J connectivity index is 1.84. The monoisotopic (exact) mass is 307 g/mol. The second-order valence-corrected chi connectivity index (χ2v) is 5.00. The number of hydrogen-bond donors (Lipinski definition) is 1. The highest BCUT2D eigenvalue weighted by Gasteiger charge is 2.21. The predicted molar refractivity (Wildman–Crippen MR) is 80.6 cm³/mol. The molecular formula is C14H21N5O3. The van der Waals surface area contributed by atoms with Crippen molar-refractivity contribution < 1.29 is 14.3 Å². The van der Waals surface area contributed by atoms with Gasteiger partial charge in [-0.05, 0) is 6.42 Å². The van der Waals surface area contributed by atoms with Crippen molar-refractivity contribution in [1.82, 2.24) is 19.8 Å². The molecule has 8 heteroatoms. The van der Waals surface area contributed by atoms with Gasteiger partial charge in [0.15, 0.2) is 0 Å². The minimum absolute atomic E-state index is 0.100. The van der Waals surface area contributed by atoms with Gasteiger partial charge in [0.2, 0.25) is 12.4 Å². The van der Waals surface area contributed by atoms with Crippen molar-refractivity contribution in [3.8, 4) is 0 Å². The molecule has 0 unspecified atom stereocenters. The second kappa shape index (κ2) is 8.28. The lowest BCUT2D eigenvalue weighted by molar-refractivity contribution is -0.119. The minimum Gasteiger partial charge on any atom is -0.385 e. The van der Waals surface area contributed by atoms with Crippen molar-refractivity contribution in [2.24, 2.45) is 0 Å². The Hall–Kier alpha value is -2.22. The molecule has 0 radical (unpaired) electrons. The maximum absolute atomic E-state index is 12.3. The average molecular weight is 307 g/mol. The van der Waals surface area contributed by atoms with Gasteiger partial charge < -0.3 is 19.9 Å². The zero-order valence-electron chi connectivity index (χ0n) is 12.7. The number of hydrogen-bond acceptors (Lipinski definition) is 6. The van der Waals surface area contributed by atoms with E-state index in [-0.39, 0.29) is 5.91 Å². The van der Waals surface area contributed by atoms with Crippen LogP contribution < -0.4 is 5.32 Å². The number of ether oxygens (including phenoxy) is 1. The highest BCUT2D eigenvalue weighted by molar-refractivity contribution is 5.93. The fourth-order valence-corrected chi connectivity index (χ4v) is 2.16. The summed E-state index contributed by atoms with van der Waals surface area (Å²) in [6.45, 7) is 3.60. The van der Waals surface area contributed by atoms with Crippen molar-refractivity contribution in [2.75, 3.05) is 51.8 Å². The van der Waals surface area contributed by atoms with Gasteiger partial charge >= 0.3 is 0 Å². The average Bonchev–Trinajstić information content (AvgIpc) is 2.59. The van der Waals surface area contributed by atoms with Crippen molar-refractivity contribution in [1.29, 1.82) is 0 Å². The number of anilines is 1. The molecule has 2 rings (SSSR count). The van der Waals surface area contributed by atoms with Gasteiger partial charge in [-0.2, -0.15) is 0 Å². The Morgan fingerprint density at radius 2 is 2.00 bits per heavy atom. The lowest BCUT2D eigenvalue weighted by Crippen LogP contribution is -2.48. The van der Waals surface area contributed by atoms with E-state index in [9.17, 15) is 9.59 Å². The Morgan fingerprint density at radius 1 is 1.32 bits per heavy atom. The number of nitrogens with one attached hydrogen (secondary N) is 1. The van der Waals surface area contributed by atoms with Crippen molar-refractivity contribution in [3.63, 3.8) is 0 Å². The lowest BCUT2D eigenvalue weighted by atomic mass is 10.2. The van der Waals surface area contributed by atoms with Crippen LogP contribution in [0.15, 0.2) is 12.4 Å². The molecule has 1 aromatic rings. The van der Waals surface area contributed by atoms with Gasteiger partial charge in [0.05, 0.1) is 5.56 Å². The van der Waals surface area contributed by atoms with Crippen LogP contribution in [0, 0.1) is 0 Å². The molecule has 22 heavy (non-hydrogen) atoms. The van der Waals surface area contributed by atoms with Crippen molar-refractivity contribution >= 4 is 18.3 Å². The molecule has 1 N–H and O–H groups in total. The number of amides is 2. The number of methoxy groups -OCH3 is 1. The summed E-state index contributed by atoms with van der Waals surface area (Å²) in [7, 11) is 1.66. The third-order valence-electron chi connectivity index (χ3n) is 3.46. The molecular weight excluding hydrogens is 286 g/mol. The largest absolute Gasteiger partial charge is 0.385 e. The van der Waals surface area contributed by atoms with E-state index < -0.39 is 0 Å². The molecule has 1 aliphatic rings. The zero-order chi connectivity index (χ0) is 15.8. The number of carbonyl (C=O) groups excluding carboxylic acids is 2. The van der Waals surface area contributed by atoms with E-state index in [4.69, 9.17) is 4.74 Å². The molecule has 0 bridgehead atoms. The summed E-state index contributed by atoms with van der Waals surface area (Å²) in [6.07, 6.45) is 4.73. The van der Waals surface area contributed by atoms with E-state index in [1.54, 1.807) is 16.9 Å². The highest BCUT2D eigenvalue weighted by Crippen LogP contribution is 2.08. The van der Waals surface area contributed by atoms with E-state index in [0.717, 1.165) is 19.4 Å². The third kappa shape index (κ3) is 4.39. The van der Waals surface area contributed by atoms with Gasteiger partial charge in [-0.25, -0.2) is 9.97 Å². The molecule has 1 aromatic heterocycles. The zero-order valence-corrected chi connectivity index (χ0v) is 12.7. The van der Waals surface area contributed by atoms with Crippen LogP contribution in [0.5, 0.6) is 0 Å². The van der Waals surface area contributed by atoms with Crippen LogP contribution >= 0.6 is 0 Å². The summed E-state index contributed by atoms with van der Waals surface area (Å²) in [5.41, 5.74) is 0.460. The quantitative estimate of drug-likeness (QED) is 0.556. The summed E-state index contributed by atoms with van der Waals surface area (Å²) in [5, 5.41) is 3.07. The van der Waals surface area contributed by atoms with Gasteiger partial charge in [0, 0.05) is 58.8 Å². The highest BCUT2D eigenvalue weighted by atomic mass is 16.5. The van der Waals surface area contributed by atoms with E-state index in [1.807, 2.05) is 0 Å². The lowest BCUT2D eigenvalue weighted by Gasteiger charge is -2.32. The molecule has 8 nitrogen and oxygen atoms in total. The smallest absolute Gasteiger partial charge is 0.257 e. The predicted octanol–water partition coefficient (Wildman–Crippen LogP) is -0.161. The van der Waals surface area contributed by atoms with Crippen LogP contribution in [-0.2, 0) is 9.53 Å². The van der Waals surface area contributed by atoms with E-state index in [2.05, 4.69) is 15.3 Å². The van der Waals surface area contributed by atoms with Crippen LogP contribution in [-0.4, -0.2) is 78.5 Å². The molecule has 0 spiro atoms. The SMILES string of the molecule is COCCCNc1ncc(C(=O)N2CCN(C=O)CC2)cn1. The molecule has 1 aliphatic heterocycles. The molecule has 1 saturated heterocycles. The van der Waals surface area contributed by atoms with Crippen LogP contribution in [0.2, 0.25) is 0 Å². The van der Waals surface area contributed by atoms with Crippen LogP contribution in [0.25, 0.3) is 0 Å². The molecule has 2 heterocycles. The first kappa shape index (κ1) is 16.2. The number of piperazine rings is 1. The summed E-state index contributed by atoms with van der Waals surface area (Å²) in [6, 6.07) is 0. The van der Waals surface area contributed by atoms with Gasteiger partial charge in [-0.15, -0.1) is 0 Å². The summed E-state index contributed by atoms with van der Waals surface area (Å²) >= 11 is 0. The molecule has 1 fully saturated rings. The standard InChI is InChI=1S/C14H21N5O3/c1-22-8-2-3-15-14-16-9-12(10-17-14)13(21)19-6-4-18(11-20)5-7-19/h9-11H,2-8H2,1H3,(H,15,16,17). The second-order valence-electron chi connectivity index (χ2n) is 5.00. The number of carbonyl (C=O) groups is 2. The van der Waals surface area contributed by atoms with Gasteiger partial charge in [0.1, 0.15) is 0 Å². The summed E-state index contributed by atoms with van der Waals surface area (Å²) in [5.74, 6) is 0.398. The third-order valence-corrected chi connectivity index (χ3v) is 3.46. The van der Waals surface area contributed by atoms with E-state index in [0.29, 0.717) is 44.3 Å². The van der Waals surface area contributed by atoms with E-state index >= 15 is 0 Å². The molecule has 0 aliphatic carbocycles. The number of rotatable bonds is 7. The summed E-state index contributed by atoms with van der Waals surface area (Å²) in [4.78, 5) is 34.6. The Morgan fingerprint density at radius 3 is 2.59 bits per heavy atom. The Labute approximate surface area is 129 Å². The van der Waals surface area contributed by atoms with Gasteiger partial charge in [-0.1, -0.05) is 0 Å². The van der Waals surface area contributed by atoms with Crippen molar-refractivity contribution in [2.45, 2.75) is 6.42 Å². The Bertz CT molecular complexity index is 486. The van der Waals surface area contributed by atoms with Crippen LogP contribution in [0.4, 0.5) is 5.95 Å².